The first-order valence-corrected chi connectivity index (χ1v) is 12.1. The number of para-hydroxylation sites is 1. The lowest BCUT2D eigenvalue weighted by Gasteiger charge is -2.39. The predicted octanol–water partition coefficient (Wildman–Crippen LogP) is 5.63. The van der Waals surface area contributed by atoms with Gasteiger partial charge in [0.1, 0.15) is 30.0 Å². The number of hydrogen-bond donors (Lipinski definition) is 1. The molecule has 9 heteroatoms. The zero-order valence-electron chi connectivity index (χ0n) is 19.9. The van der Waals surface area contributed by atoms with Gasteiger partial charge < -0.3 is 24.3 Å². The molecule has 2 aliphatic heterocycles. The van der Waals surface area contributed by atoms with Crippen LogP contribution in [0.3, 0.4) is 0 Å². The molecule has 2 unspecified atom stereocenters. The van der Waals surface area contributed by atoms with Crippen molar-refractivity contribution in [1.29, 1.82) is 0 Å². The summed E-state index contributed by atoms with van der Waals surface area (Å²) in [6.07, 6.45) is 1.15. The zero-order valence-corrected chi connectivity index (χ0v) is 21.4. The van der Waals surface area contributed by atoms with Crippen molar-refractivity contribution in [2.45, 2.75) is 12.1 Å². The molecule has 1 N–H and O–H groups in total. The molecule has 36 heavy (non-hydrogen) atoms. The minimum atomic E-state index is -0.403. The summed E-state index contributed by atoms with van der Waals surface area (Å²) in [5.41, 5.74) is 4.87. The van der Waals surface area contributed by atoms with Gasteiger partial charge in [0.15, 0.2) is 11.5 Å². The van der Waals surface area contributed by atoms with Crippen LogP contribution in [0.2, 0.25) is 0 Å². The molecule has 0 saturated heterocycles. The molecule has 0 amide bonds. The van der Waals surface area contributed by atoms with Crippen molar-refractivity contribution in [2.75, 3.05) is 26.6 Å². The Kier molecular flexibility index (Phi) is 5.56. The van der Waals surface area contributed by atoms with Crippen molar-refractivity contribution in [2.24, 2.45) is 0 Å². The number of ether oxygens (including phenoxy) is 4. The van der Waals surface area contributed by atoms with Gasteiger partial charge in [-0.25, -0.2) is 4.68 Å². The summed E-state index contributed by atoms with van der Waals surface area (Å²) < 4.78 is 26.0. The predicted molar refractivity (Wildman–Crippen MR) is 139 cm³/mol. The average Bonchev–Trinajstić information content (AvgIpc) is 3.39. The molecule has 0 fully saturated rings. The van der Waals surface area contributed by atoms with Crippen molar-refractivity contribution in [3.8, 4) is 23.0 Å². The van der Waals surface area contributed by atoms with E-state index in [1.165, 1.54) is 0 Å². The topological polar surface area (TPSA) is 79.7 Å². The Balaban J connectivity index is 1.60. The molecule has 0 aliphatic carbocycles. The molecular formula is C27H23BrN4O4. The number of benzene rings is 3. The average molecular weight is 547 g/mol. The molecule has 3 aromatic carbocycles. The van der Waals surface area contributed by atoms with Gasteiger partial charge in [-0.2, -0.15) is 10.1 Å². The Hall–Kier alpha value is -3.98. The Morgan fingerprint density at radius 3 is 2.42 bits per heavy atom. The number of halogens is 1. The first-order valence-electron chi connectivity index (χ1n) is 11.3. The molecule has 1 aromatic heterocycles. The second-order valence-corrected chi connectivity index (χ2v) is 9.24. The second-order valence-electron chi connectivity index (χ2n) is 8.39. The summed E-state index contributed by atoms with van der Waals surface area (Å²) in [4.78, 5) is 4.49. The van der Waals surface area contributed by atoms with E-state index in [9.17, 15) is 0 Å². The van der Waals surface area contributed by atoms with Crippen molar-refractivity contribution in [3.63, 3.8) is 0 Å². The highest BCUT2D eigenvalue weighted by Crippen LogP contribution is 2.51. The standard InChI is InChI=1S/C27H23BrN4O4/c1-33-20-10-9-16(12-18(20)28)26-23-24(17-6-4-5-7-19(17)36-26)31-27-29-14-30-32(27)25(23)15-8-11-21(34-2)22(13-15)35-3/h4-14,25-26H,1-3H3,(H,29,30,31). The number of rotatable bonds is 5. The number of nitrogens with one attached hydrogen (secondary N) is 1. The normalized spacial score (nSPS) is 17.8. The van der Waals surface area contributed by atoms with Crippen LogP contribution < -0.4 is 24.3 Å². The summed E-state index contributed by atoms with van der Waals surface area (Å²) in [5.74, 6) is 3.49. The molecular weight excluding hydrogens is 524 g/mol. The fraction of sp³-hybridized carbons (Fsp3) is 0.185. The Bertz CT molecular complexity index is 1500. The molecule has 0 saturated carbocycles. The summed E-state index contributed by atoms with van der Waals surface area (Å²) in [6.45, 7) is 0. The van der Waals surface area contributed by atoms with Crippen molar-refractivity contribution >= 4 is 27.6 Å². The lowest BCUT2D eigenvalue weighted by molar-refractivity contribution is 0.222. The third-order valence-corrected chi connectivity index (χ3v) is 7.14. The maximum absolute atomic E-state index is 6.68. The first-order chi connectivity index (χ1) is 17.6. The SMILES string of the molecule is COc1ccc(C2Oc3ccccc3C3=C2C(c2ccc(OC)c(OC)c2)n2ncnc2N3)cc1Br. The quantitative estimate of drug-likeness (QED) is 0.347. The molecule has 6 rings (SSSR count). The zero-order chi connectivity index (χ0) is 24.8. The maximum Gasteiger partial charge on any atom is 0.226 e. The van der Waals surface area contributed by atoms with E-state index in [0.29, 0.717) is 17.4 Å². The smallest absolute Gasteiger partial charge is 0.226 e. The van der Waals surface area contributed by atoms with E-state index in [4.69, 9.17) is 18.9 Å². The molecule has 182 valence electrons. The van der Waals surface area contributed by atoms with Crippen LogP contribution in [0.4, 0.5) is 5.95 Å². The second kappa shape index (κ2) is 8.91. The van der Waals surface area contributed by atoms with Gasteiger partial charge in [-0.1, -0.05) is 24.3 Å². The molecule has 0 bridgehead atoms. The molecule has 3 heterocycles. The van der Waals surface area contributed by atoms with Gasteiger partial charge >= 0.3 is 0 Å². The van der Waals surface area contributed by atoms with Gasteiger partial charge in [0.05, 0.1) is 31.5 Å². The van der Waals surface area contributed by atoms with Crippen molar-refractivity contribution in [3.05, 3.63) is 93.7 Å². The summed E-state index contributed by atoms with van der Waals surface area (Å²) >= 11 is 3.64. The van der Waals surface area contributed by atoms with Crippen molar-refractivity contribution in [1.82, 2.24) is 14.8 Å². The van der Waals surface area contributed by atoms with E-state index in [1.807, 2.05) is 59.3 Å². The van der Waals surface area contributed by atoms with Gasteiger partial charge in [0.25, 0.3) is 0 Å². The first kappa shape index (κ1) is 22.5. The minimum absolute atomic E-state index is 0.308. The Morgan fingerprint density at radius 1 is 0.889 bits per heavy atom. The highest BCUT2D eigenvalue weighted by Gasteiger charge is 2.41. The fourth-order valence-corrected chi connectivity index (χ4v) is 5.44. The van der Waals surface area contributed by atoms with Crippen LogP contribution >= 0.6 is 15.9 Å². The molecule has 2 atom stereocenters. The van der Waals surface area contributed by atoms with Crippen LogP contribution in [0.5, 0.6) is 23.0 Å². The van der Waals surface area contributed by atoms with E-state index in [0.717, 1.165) is 43.9 Å². The number of hydrogen-bond acceptors (Lipinski definition) is 7. The van der Waals surface area contributed by atoms with E-state index in [1.54, 1.807) is 27.7 Å². The van der Waals surface area contributed by atoms with Crippen LogP contribution in [0, 0.1) is 0 Å². The van der Waals surface area contributed by atoms with Gasteiger partial charge in [0.2, 0.25) is 5.95 Å². The van der Waals surface area contributed by atoms with Gasteiger partial charge in [-0.3, -0.25) is 0 Å². The largest absolute Gasteiger partial charge is 0.496 e. The van der Waals surface area contributed by atoms with Crippen LogP contribution in [0.1, 0.15) is 28.8 Å². The van der Waals surface area contributed by atoms with Crippen LogP contribution in [0.15, 0.2) is 77.0 Å². The number of fused-ring (bicyclic) bond motifs is 3. The lowest BCUT2D eigenvalue weighted by atomic mass is 9.84. The number of nitrogens with zero attached hydrogens (tertiary/aromatic N) is 3. The van der Waals surface area contributed by atoms with Gasteiger partial charge in [-0.15, -0.1) is 0 Å². The highest BCUT2D eigenvalue weighted by atomic mass is 79.9. The Morgan fingerprint density at radius 2 is 1.64 bits per heavy atom. The molecule has 0 radical (unpaired) electrons. The van der Waals surface area contributed by atoms with Crippen molar-refractivity contribution < 1.29 is 18.9 Å². The summed E-state index contributed by atoms with van der Waals surface area (Å²) in [6, 6.07) is 19.6. The monoisotopic (exact) mass is 546 g/mol. The molecule has 2 aliphatic rings. The third-order valence-electron chi connectivity index (χ3n) is 6.52. The lowest BCUT2D eigenvalue weighted by Crippen LogP contribution is -2.32. The van der Waals surface area contributed by atoms with Crippen LogP contribution in [-0.2, 0) is 0 Å². The van der Waals surface area contributed by atoms with E-state index in [2.05, 4.69) is 37.4 Å². The molecule has 0 spiro atoms. The van der Waals surface area contributed by atoms with E-state index >= 15 is 0 Å². The van der Waals surface area contributed by atoms with Gasteiger partial charge in [-0.05, 0) is 63.5 Å². The number of methoxy groups -OCH3 is 3. The number of anilines is 1. The fourth-order valence-electron chi connectivity index (χ4n) is 4.88. The minimum Gasteiger partial charge on any atom is -0.496 e. The van der Waals surface area contributed by atoms with Crippen LogP contribution in [0.25, 0.3) is 5.70 Å². The summed E-state index contributed by atoms with van der Waals surface area (Å²) in [7, 11) is 4.91. The van der Waals surface area contributed by atoms with E-state index < -0.39 is 6.10 Å². The molecule has 8 nitrogen and oxygen atoms in total. The third kappa shape index (κ3) is 3.50. The maximum atomic E-state index is 6.68. The van der Waals surface area contributed by atoms with E-state index in [-0.39, 0.29) is 6.04 Å². The summed E-state index contributed by atoms with van der Waals surface area (Å²) in [5, 5.41) is 8.10. The van der Waals surface area contributed by atoms with Gasteiger partial charge in [0, 0.05) is 11.1 Å². The molecule has 4 aromatic rings. The number of aromatic nitrogens is 3. The van der Waals surface area contributed by atoms with Crippen LogP contribution in [-0.4, -0.2) is 36.1 Å². The Labute approximate surface area is 216 Å². The highest BCUT2D eigenvalue weighted by molar-refractivity contribution is 9.10.